The summed E-state index contributed by atoms with van der Waals surface area (Å²) in [6.07, 6.45) is 0.365. The Labute approximate surface area is 243 Å². The second-order valence-electron chi connectivity index (χ2n) is 10.3. The predicted molar refractivity (Wildman–Crippen MR) is 161 cm³/mol. The summed E-state index contributed by atoms with van der Waals surface area (Å²) in [6.45, 7) is 11.0. The zero-order valence-corrected chi connectivity index (χ0v) is 25.5. The van der Waals surface area contributed by atoms with Crippen LogP contribution < -0.4 is 9.62 Å². The summed E-state index contributed by atoms with van der Waals surface area (Å²) < 4.78 is 29.0. The molecule has 7 nitrogen and oxygen atoms in total. The van der Waals surface area contributed by atoms with Crippen LogP contribution in [-0.2, 0) is 26.2 Å². The average Bonchev–Trinajstić information content (AvgIpc) is 2.89. The van der Waals surface area contributed by atoms with Gasteiger partial charge in [-0.3, -0.25) is 13.9 Å². The first-order valence-corrected chi connectivity index (χ1v) is 15.2. The molecule has 0 aliphatic heterocycles. The molecule has 3 rings (SSSR count). The Hall–Kier alpha value is -3.36. The van der Waals surface area contributed by atoms with E-state index in [0.717, 1.165) is 26.6 Å². The number of benzene rings is 3. The summed E-state index contributed by atoms with van der Waals surface area (Å²) in [6, 6.07) is 17.9. The lowest BCUT2D eigenvalue weighted by Gasteiger charge is -2.34. The van der Waals surface area contributed by atoms with Gasteiger partial charge in [-0.2, -0.15) is 0 Å². The number of hydrogen-bond donors (Lipinski definition) is 1. The normalized spacial score (nSPS) is 12.2. The van der Waals surface area contributed by atoms with Crippen molar-refractivity contribution in [3.8, 4) is 0 Å². The van der Waals surface area contributed by atoms with E-state index in [4.69, 9.17) is 11.6 Å². The van der Waals surface area contributed by atoms with Gasteiger partial charge in [0.25, 0.3) is 10.0 Å². The van der Waals surface area contributed by atoms with Crippen molar-refractivity contribution in [2.45, 2.75) is 71.5 Å². The molecule has 214 valence electrons. The molecule has 0 aliphatic carbocycles. The van der Waals surface area contributed by atoms with Crippen molar-refractivity contribution >= 4 is 39.1 Å². The molecule has 0 saturated heterocycles. The number of nitrogens with one attached hydrogen (secondary N) is 1. The van der Waals surface area contributed by atoms with E-state index in [1.807, 2.05) is 71.9 Å². The summed E-state index contributed by atoms with van der Waals surface area (Å²) in [5, 5.41) is 3.31. The molecule has 2 amide bonds. The Morgan fingerprint density at radius 1 is 0.900 bits per heavy atom. The summed E-state index contributed by atoms with van der Waals surface area (Å²) in [5.74, 6) is -0.762. The maximum atomic E-state index is 14.1. The highest BCUT2D eigenvalue weighted by atomic mass is 35.5. The third-order valence-corrected chi connectivity index (χ3v) is 8.92. The lowest BCUT2D eigenvalue weighted by Crippen LogP contribution is -2.53. The summed E-state index contributed by atoms with van der Waals surface area (Å²) >= 11 is 6.02. The van der Waals surface area contributed by atoms with Gasteiger partial charge in [0.1, 0.15) is 12.6 Å². The molecule has 3 aromatic rings. The van der Waals surface area contributed by atoms with Gasteiger partial charge in [0, 0.05) is 17.6 Å². The van der Waals surface area contributed by atoms with Crippen molar-refractivity contribution in [2.75, 3.05) is 10.8 Å². The zero-order valence-electron chi connectivity index (χ0n) is 23.9. The number of sulfonamides is 1. The van der Waals surface area contributed by atoms with E-state index < -0.39 is 28.5 Å². The molecule has 1 N–H and O–H groups in total. The Morgan fingerprint density at radius 3 is 2.12 bits per heavy atom. The number of halogens is 1. The zero-order chi connectivity index (χ0) is 29.6. The van der Waals surface area contributed by atoms with E-state index in [1.54, 1.807) is 12.1 Å². The molecule has 0 aliphatic rings. The molecule has 0 aromatic heterocycles. The van der Waals surface area contributed by atoms with E-state index in [0.29, 0.717) is 17.1 Å². The molecule has 0 unspecified atom stereocenters. The second kappa shape index (κ2) is 13.3. The van der Waals surface area contributed by atoms with Crippen molar-refractivity contribution in [2.24, 2.45) is 0 Å². The van der Waals surface area contributed by atoms with Crippen LogP contribution in [0.3, 0.4) is 0 Å². The minimum absolute atomic E-state index is 0.0120. The highest BCUT2D eigenvalue weighted by Gasteiger charge is 2.34. The predicted octanol–water partition coefficient (Wildman–Crippen LogP) is 5.79. The maximum Gasteiger partial charge on any atom is 0.264 e. The smallest absolute Gasteiger partial charge is 0.264 e. The fourth-order valence-corrected chi connectivity index (χ4v) is 5.95. The van der Waals surface area contributed by atoms with Gasteiger partial charge in [0.15, 0.2) is 0 Å². The molecule has 40 heavy (non-hydrogen) atoms. The van der Waals surface area contributed by atoms with Crippen molar-refractivity contribution in [1.82, 2.24) is 10.2 Å². The SMILES string of the molecule is CC[C@@H](C(=O)NC(C)C)N(Cc1ccccc1C)C(=O)CN(c1ccc(C)c(C)c1)S(=O)(=O)c1ccc(Cl)cc1. The third-order valence-electron chi connectivity index (χ3n) is 6.88. The van der Waals surface area contributed by atoms with Crippen LogP contribution in [0.5, 0.6) is 0 Å². The number of anilines is 1. The minimum atomic E-state index is -4.16. The Kier molecular flexibility index (Phi) is 10.4. The van der Waals surface area contributed by atoms with Crippen molar-refractivity contribution in [3.63, 3.8) is 0 Å². The highest BCUT2D eigenvalue weighted by Crippen LogP contribution is 2.27. The molecule has 0 radical (unpaired) electrons. The minimum Gasteiger partial charge on any atom is -0.352 e. The fourth-order valence-electron chi connectivity index (χ4n) is 4.41. The van der Waals surface area contributed by atoms with Crippen molar-refractivity contribution < 1.29 is 18.0 Å². The first-order valence-electron chi connectivity index (χ1n) is 13.3. The number of nitrogens with zero attached hydrogens (tertiary/aromatic N) is 2. The number of amides is 2. The summed E-state index contributed by atoms with van der Waals surface area (Å²) in [7, 11) is -4.16. The Bertz CT molecular complexity index is 1460. The van der Waals surface area contributed by atoms with Crippen LogP contribution in [0.1, 0.15) is 49.4 Å². The largest absolute Gasteiger partial charge is 0.352 e. The maximum absolute atomic E-state index is 14.1. The number of aryl methyl sites for hydroxylation is 3. The lowest BCUT2D eigenvalue weighted by atomic mass is 10.1. The molecular weight excluding hydrogens is 546 g/mol. The van der Waals surface area contributed by atoms with Gasteiger partial charge in [-0.15, -0.1) is 0 Å². The first-order chi connectivity index (χ1) is 18.8. The van der Waals surface area contributed by atoms with Gasteiger partial charge < -0.3 is 10.2 Å². The molecular formula is C31H38ClN3O4S. The highest BCUT2D eigenvalue weighted by molar-refractivity contribution is 7.92. The van der Waals surface area contributed by atoms with Crippen LogP contribution in [0.25, 0.3) is 0 Å². The van der Waals surface area contributed by atoms with E-state index in [2.05, 4.69) is 5.32 Å². The Balaban J connectivity index is 2.10. The molecule has 9 heteroatoms. The van der Waals surface area contributed by atoms with Crippen molar-refractivity contribution in [3.05, 3.63) is 94.0 Å². The van der Waals surface area contributed by atoms with Gasteiger partial charge in [-0.1, -0.05) is 48.9 Å². The van der Waals surface area contributed by atoms with Crippen LogP contribution in [0.4, 0.5) is 5.69 Å². The standard InChI is InChI=1S/C31H38ClN3O4S/c1-7-29(31(37)33-21(2)3)34(19-25-11-9-8-10-23(25)5)30(36)20-35(27-15-12-22(4)24(6)18-27)40(38,39)28-16-13-26(32)14-17-28/h8-18,21,29H,7,19-20H2,1-6H3,(H,33,37)/t29-/m0/s1. The molecule has 0 spiro atoms. The molecule has 0 fully saturated rings. The molecule has 0 heterocycles. The van der Waals surface area contributed by atoms with Crippen LogP contribution in [0.2, 0.25) is 5.02 Å². The van der Waals surface area contributed by atoms with Crippen LogP contribution in [0.15, 0.2) is 71.6 Å². The molecule has 3 aromatic carbocycles. The molecule has 0 bridgehead atoms. The van der Waals surface area contributed by atoms with E-state index >= 15 is 0 Å². The van der Waals surface area contributed by atoms with E-state index in [1.165, 1.54) is 29.2 Å². The third kappa shape index (κ3) is 7.43. The van der Waals surface area contributed by atoms with Gasteiger partial charge in [0.2, 0.25) is 11.8 Å². The summed E-state index contributed by atoms with van der Waals surface area (Å²) in [5.41, 5.74) is 4.10. The number of hydrogen-bond acceptors (Lipinski definition) is 4. The van der Waals surface area contributed by atoms with E-state index in [-0.39, 0.29) is 23.4 Å². The van der Waals surface area contributed by atoms with Gasteiger partial charge >= 0.3 is 0 Å². The topological polar surface area (TPSA) is 86.8 Å². The number of carbonyl (C=O) groups excluding carboxylic acids is 2. The fraction of sp³-hybridized carbons (Fsp3) is 0.355. The number of rotatable bonds is 11. The van der Waals surface area contributed by atoms with E-state index in [9.17, 15) is 18.0 Å². The monoisotopic (exact) mass is 583 g/mol. The molecule has 0 saturated carbocycles. The molecule has 1 atom stereocenters. The first kappa shape index (κ1) is 31.2. The van der Waals surface area contributed by atoms with Crippen LogP contribution >= 0.6 is 11.6 Å². The van der Waals surface area contributed by atoms with Gasteiger partial charge in [-0.05, 0) is 99.7 Å². The van der Waals surface area contributed by atoms with Crippen molar-refractivity contribution in [1.29, 1.82) is 0 Å². The van der Waals surface area contributed by atoms with Gasteiger partial charge in [-0.25, -0.2) is 8.42 Å². The lowest BCUT2D eigenvalue weighted by molar-refractivity contribution is -0.140. The quantitative estimate of drug-likeness (QED) is 0.309. The van der Waals surface area contributed by atoms with Crippen LogP contribution in [0, 0.1) is 20.8 Å². The second-order valence-corrected chi connectivity index (χ2v) is 12.6. The van der Waals surface area contributed by atoms with Gasteiger partial charge in [0.05, 0.1) is 10.6 Å². The summed E-state index contributed by atoms with van der Waals surface area (Å²) in [4.78, 5) is 28.9. The average molecular weight is 584 g/mol. The number of carbonyl (C=O) groups is 2. The van der Waals surface area contributed by atoms with Crippen LogP contribution in [-0.4, -0.2) is 43.8 Å². The Morgan fingerprint density at radius 2 is 1.55 bits per heavy atom.